The topological polar surface area (TPSA) is 113 Å². The van der Waals surface area contributed by atoms with Crippen LogP contribution in [0.4, 0.5) is 10.6 Å². The van der Waals surface area contributed by atoms with Gasteiger partial charge in [-0.1, -0.05) is 20.3 Å². The van der Waals surface area contributed by atoms with E-state index < -0.39 is 12.1 Å². The van der Waals surface area contributed by atoms with Crippen LogP contribution in [0.2, 0.25) is 0 Å². The molecule has 0 saturated carbocycles. The molecular formula is C11H19N5O2. The van der Waals surface area contributed by atoms with Gasteiger partial charge in [-0.15, -0.1) is 0 Å². The average molecular weight is 253 g/mol. The molecule has 3 amide bonds. The van der Waals surface area contributed by atoms with Crippen LogP contribution in [0.3, 0.4) is 0 Å². The number of hydrogen-bond donors (Lipinski definition) is 4. The first-order valence-electron chi connectivity index (χ1n) is 5.82. The molecule has 2 atom stereocenters. The molecule has 5 N–H and O–H groups in total. The molecule has 0 aliphatic rings. The Morgan fingerprint density at radius 3 is 2.67 bits per heavy atom. The SMILES string of the molecule is CCC(C)C(NC(N)=O)C(=O)Nc1cc(C)[nH]n1. The minimum atomic E-state index is -0.714. The second kappa shape index (κ2) is 6.04. The summed E-state index contributed by atoms with van der Waals surface area (Å²) in [6.07, 6.45) is 0.748. The lowest BCUT2D eigenvalue weighted by atomic mass is 9.98. The average Bonchev–Trinajstić information content (AvgIpc) is 2.70. The van der Waals surface area contributed by atoms with E-state index in [0.29, 0.717) is 5.82 Å². The maximum Gasteiger partial charge on any atom is 0.312 e. The van der Waals surface area contributed by atoms with E-state index in [0.717, 1.165) is 12.1 Å². The number of rotatable bonds is 5. The van der Waals surface area contributed by atoms with Crippen LogP contribution in [0.15, 0.2) is 6.07 Å². The smallest absolute Gasteiger partial charge is 0.312 e. The molecule has 0 fully saturated rings. The number of nitrogens with two attached hydrogens (primary N) is 1. The predicted octanol–water partition coefficient (Wildman–Crippen LogP) is 0.740. The first-order valence-corrected chi connectivity index (χ1v) is 5.82. The van der Waals surface area contributed by atoms with Crippen molar-refractivity contribution in [1.82, 2.24) is 15.5 Å². The van der Waals surface area contributed by atoms with Gasteiger partial charge in [-0.3, -0.25) is 9.89 Å². The summed E-state index contributed by atoms with van der Waals surface area (Å²) in [6.45, 7) is 5.64. The summed E-state index contributed by atoms with van der Waals surface area (Å²) in [7, 11) is 0. The van der Waals surface area contributed by atoms with Crippen LogP contribution < -0.4 is 16.4 Å². The minimum absolute atomic E-state index is 0.0162. The van der Waals surface area contributed by atoms with Crippen molar-refractivity contribution in [2.75, 3.05) is 5.32 Å². The summed E-state index contributed by atoms with van der Waals surface area (Å²) >= 11 is 0. The zero-order chi connectivity index (χ0) is 13.7. The first kappa shape index (κ1) is 14.0. The fourth-order valence-electron chi connectivity index (χ4n) is 1.54. The molecule has 1 rings (SSSR count). The van der Waals surface area contributed by atoms with Crippen LogP contribution in [0, 0.1) is 12.8 Å². The van der Waals surface area contributed by atoms with Gasteiger partial charge in [0.2, 0.25) is 5.91 Å². The van der Waals surface area contributed by atoms with Gasteiger partial charge in [0.15, 0.2) is 5.82 Å². The molecule has 1 aromatic rings. The summed E-state index contributed by atoms with van der Waals surface area (Å²) in [4.78, 5) is 22.9. The molecule has 18 heavy (non-hydrogen) atoms. The summed E-state index contributed by atoms with van der Waals surface area (Å²) in [5, 5.41) is 11.7. The highest BCUT2D eigenvalue weighted by Crippen LogP contribution is 2.11. The van der Waals surface area contributed by atoms with Gasteiger partial charge in [0.25, 0.3) is 0 Å². The van der Waals surface area contributed by atoms with E-state index >= 15 is 0 Å². The summed E-state index contributed by atoms with van der Waals surface area (Å²) in [5.41, 5.74) is 5.91. The van der Waals surface area contributed by atoms with Crippen LogP contribution >= 0.6 is 0 Å². The van der Waals surface area contributed by atoms with Gasteiger partial charge in [-0.2, -0.15) is 5.10 Å². The molecule has 0 radical (unpaired) electrons. The number of aryl methyl sites for hydroxylation is 1. The molecule has 0 aromatic carbocycles. The zero-order valence-corrected chi connectivity index (χ0v) is 10.8. The number of aromatic amines is 1. The standard InChI is InChI=1S/C11H19N5O2/c1-4-6(2)9(14-11(12)18)10(17)13-8-5-7(3)15-16-8/h5-6,9H,4H2,1-3H3,(H3,12,14,18)(H2,13,15,16,17). The lowest BCUT2D eigenvalue weighted by Gasteiger charge is -2.21. The molecule has 0 bridgehead atoms. The molecular weight excluding hydrogens is 234 g/mol. The van der Waals surface area contributed by atoms with E-state index in [1.165, 1.54) is 0 Å². The highest BCUT2D eigenvalue weighted by atomic mass is 16.2. The molecule has 100 valence electrons. The molecule has 1 heterocycles. The number of carbonyl (C=O) groups excluding carboxylic acids is 2. The van der Waals surface area contributed by atoms with Crippen LogP contribution in [0.1, 0.15) is 26.0 Å². The Morgan fingerprint density at radius 2 is 2.22 bits per heavy atom. The van der Waals surface area contributed by atoms with Crippen molar-refractivity contribution in [1.29, 1.82) is 0 Å². The van der Waals surface area contributed by atoms with Crippen molar-refractivity contribution in [2.45, 2.75) is 33.2 Å². The van der Waals surface area contributed by atoms with E-state index in [1.807, 2.05) is 20.8 Å². The molecule has 1 aromatic heterocycles. The van der Waals surface area contributed by atoms with Gasteiger partial charge in [0.1, 0.15) is 6.04 Å². The Labute approximate surface area is 106 Å². The third-order valence-corrected chi connectivity index (χ3v) is 2.75. The minimum Gasteiger partial charge on any atom is -0.352 e. The normalized spacial score (nSPS) is 13.7. The number of nitrogens with one attached hydrogen (secondary N) is 3. The van der Waals surface area contributed by atoms with Crippen LogP contribution in [-0.2, 0) is 4.79 Å². The summed E-state index contributed by atoms with van der Waals surface area (Å²) in [6, 6.07) is 0.328. The number of aromatic nitrogens is 2. The molecule has 7 nitrogen and oxygen atoms in total. The number of nitrogens with zero attached hydrogens (tertiary/aromatic N) is 1. The molecule has 0 spiro atoms. The maximum atomic E-state index is 12.0. The number of H-pyrrole nitrogens is 1. The van der Waals surface area contributed by atoms with Crippen molar-refractivity contribution in [2.24, 2.45) is 11.7 Å². The quantitative estimate of drug-likeness (QED) is 0.620. The van der Waals surface area contributed by atoms with Gasteiger partial charge in [-0.05, 0) is 12.8 Å². The Balaban J connectivity index is 2.72. The first-order chi connectivity index (χ1) is 8.43. The molecule has 2 unspecified atom stereocenters. The third kappa shape index (κ3) is 3.76. The van der Waals surface area contributed by atoms with Crippen molar-refractivity contribution in [3.05, 3.63) is 11.8 Å². The van der Waals surface area contributed by atoms with Crippen molar-refractivity contribution >= 4 is 17.8 Å². The van der Waals surface area contributed by atoms with Gasteiger partial charge < -0.3 is 16.4 Å². The summed E-state index contributed by atoms with van der Waals surface area (Å²) in [5.74, 6) is 0.0873. The van der Waals surface area contributed by atoms with Crippen LogP contribution in [0.25, 0.3) is 0 Å². The number of hydrogen-bond acceptors (Lipinski definition) is 3. The number of primary amides is 1. The molecule has 0 saturated heterocycles. The predicted molar refractivity (Wildman–Crippen MR) is 67.9 cm³/mol. The second-order valence-corrected chi connectivity index (χ2v) is 4.30. The van der Waals surface area contributed by atoms with E-state index in [9.17, 15) is 9.59 Å². The monoisotopic (exact) mass is 253 g/mol. The summed E-state index contributed by atoms with van der Waals surface area (Å²) < 4.78 is 0. The van der Waals surface area contributed by atoms with E-state index in [4.69, 9.17) is 5.73 Å². The fourth-order valence-corrected chi connectivity index (χ4v) is 1.54. The van der Waals surface area contributed by atoms with E-state index in [2.05, 4.69) is 20.8 Å². The van der Waals surface area contributed by atoms with Crippen molar-refractivity contribution in [3.63, 3.8) is 0 Å². The molecule has 0 aliphatic heterocycles. The fraction of sp³-hybridized carbons (Fsp3) is 0.545. The number of urea groups is 1. The van der Waals surface area contributed by atoms with Gasteiger partial charge in [0.05, 0.1) is 0 Å². The van der Waals surface area contributed by atoms with E-state index in [1.54, 1.807) is 6.07 Å². The molecule has 0 aliphatic carbocycles. The van der Waals surface area contributed by atoms with E-state index in [-0.39, 0.29) is 11.8 Å². The zero-order valence-electron chi connectivity index (χ0n) is 10.8. The Morgan fingerprint density at radius 1 is 1.56 bits per heavy atom. The lowest BCUT2D eigenvalue weighted by Crippen LogP contribution is -2.49. The Bertz CT molecular complexity index is 429. The highest BCUT2D eigenvalue weighted by Gasteiger charge is 2.25. The van der Waals surface area contributed by atoms with Gasteiger partial charge >= 0.3 is 6.03 Å². The van der Waals surface area contributed by atoms with Crippen molar-refractivity contribution in [3.8, 4) is 0 Å². The third-order valence-electron chi connectivity index (χ3n) is 2.75. The largest absolute Gasteiger partial charge is 0.352 e. The van der Waals surface area contributed by atoms with Gasteiger partial charge in [0, 0.05) is 11.8 Å². The number of anilines is 1. The molecule has 7 heteroatoms. The van der Waals surface area contributed by atoms with Gasteiger partial charge in [-0.25, -0.2) is 4.79 Å². The Hall–Kier alpha value is -2.05. The number of amides is 3. The lowest BCUT2D eigenvalue weighted by molar-refractivity contribution is -0.119. The Kier molecular flexibility index (Phi) is 4.70. The van der Waals surface area contributed by atoms with Crippen LogP contribution in [0.5, 0.6) is 0 Å². The van der Waals surface area contributed by atoms with Crippen molar-refractivity contribution < 1.29 is 9.59 Å². The van der Waals surface area contributed by atoms with Crippen LogP contribution in [-0.4, -0.2) is 28.2 Å². The maximum absolute atomic E-state index is 12.0. The highest BCUT2D eigenvalue weighted by molar-refractivity contribution is 5.96. The second-order valence-electron chi connectivity index (χ2n) is 4.30. The number of carbonyl (C=O) groups is 2.